The van der Waals surface area contributed by atoms with E-state index in [1.807, 2.05) is 19.0 Å². The Morgan fingerprint density at radius 3 is 2.53 bits per heavy atom. The molecule has 1 aliphatic rings. The molecule has 208 valence electrons. The number of alkyl halides is 2. The standard InChI is InChI=1S/C25H33F4N7OS/c1-25(28,29)14-36(3,4)15-7-6-11-35(12-10-15)22(32-2)18(13-30)33-23(37)20-21(31)38-24(34-20)19-16(26)8-5-9-17(19)27/h5,8-9,13,15H,6-7,10-12,14H2,1-4H3,(H4-,30,31,32,33,37)/p+1/t15-/m1/s1. The van der Waals surface area contributed by atoms with Crippen LogP contribution in [0.25, 0.3) is 10.6 Å². The lowest BCUT2D eigenvalue weighted by atomic mass is 10.1. The minimum atomic E-state index is -2.78. The molecule has 5 N–H and O–H groups in total. The van der Waals surface area contributed by atoms with Gasteiger partial charge in [-0.15, -0.1) is 0 Å². The Morgan fingerprint density at radius 1 is 1.29 bits per heavy atom. The van der Waals surface area contributed by atoms with Gasteiger partial charge in [-0.1, -0.05) is 17.4 Å². The van der Waals surface area contributed by atoms with Crippen LogP contribution >= 0.6 is 11.3 Å². The van der Waals surface area contributed by atoms with Crippen molar-refractivity contribution in [1.82, 2.24) is 15.2 Å². The van der Waals surface area contributed by atoms with Crippen LogP contribution in [0.3, 0.4) is 0 Å². The van der Waals surface area contributed by atoms with Crippen molar-refractivity contribution in [3.8, 4) is 10.6 Å². The molecule has 2 heterocycles. The number of nitrogen functional groups attached to an aromatic ring is 1. The first-order chi connectivity index (χ1) is 17.8. The highest BCUT2D eigenvalue weighted by Crippen LogP contribution is 2.33. The zero-order valence-electron chi connectivity index (χ0n) is 21.9. The van der Waals surface area contributed by atoms with Crippen molar-refractivity contribution in [3.63, 3.8) is 0 Å². The third-order valence-electron chi connectivity index (χ3n) is 6.58. The first kappa shape index (κ1) is 29.4. The monoisotopic (exact) mass is 556 g/mol. The molecule has 1 aliphatic heterocycles. The van der Waals surface area contributed by atoms with Crippen molar-refractivity contribution in [1.29, 1.82) is 0 Å². The summed E-state index contributed by atoms with van der Waals surface area (Å²) < 4.78 is 56.1. The fourth-order valence-corrected chi connectivity index (χ4v) is 5.80. The fraction of sp³-hybridized carbons (Fsp3) is 0.480. The van der Waals surface area contributed by atoms with Gasteiger partial charge in [-0.3, -0.25) is 9.79 Å². The maximum Gasteiger partial charge on any atom is 0.292 e. The van der Waals surface area contributed by atoms with Crippen molar-refractivity contribution < 1.29 is 26.8 Å². The van der Waals surface area contributed by atoms with Crippen molar-refractivity contribution in [2.24, 2.45) is 10.7 Å². The molecule has 1 amide bonds. The number of likely N-dealkylation sites (tertiary alicyclic amines) is 1. The van der Waals surface area contributed by atoms with Crippen molar-refractivity contribution >= 4 is 28.1 Å². The zero-order valence-corrected chi connectivity index (χ0v) is 22.7. The molecule has 0 spiro atoms. The van der Waals surface area contributed by atoms with Gasteiger partial charge in [-0.05, 0) is 18.6 Å². The number of nitrogens with two attached hydrogens (primary N) is 2. The van der Waals surface area contributed by atoms with E-state index in [1.165, 1.54) is 12.3 Å². The summed E-state index contributed by atoms with van der Waals surface area (Å²) >= 11 is 0.789. The first-order valence-corrected chi connectivity index (χ1v) is 13.0. The van der Waals surface area contributed by atoms with E-state index in [-0.39, 0.29) is 44.0 Å². The summed E-state index contributed by atoms with van der Waals surface area (Å²) in [5.74, 6) is -4.71. The number of aliphatic imine (C=N–C) groups is 1. The van der Waals surface area contributed by atoms with E-state index in [2.05, 4.69) is 15.3 Å². The summed E-state index contributed by atoms with van der Waals surface area (Å²) in [6.07, 6.45) is 3.34. The number of nitrogens with zero attached hydrogens (tertiary/aromatic N) is 4. The second-order valence-corrected chi connectivity index (χ2v) is 11.0. The minimum absolute atomic E-state index is 0.0168. The molecule has 2 aromatic rings. The molecule has 38 heavy (non-hydrogen) atoms. The molecular weight excluding hydrogens is 522 g/mol. The van der Waals surface area contributed by atoms with Gasteiger partial charge in [0.05, 0.1) is 31.4 Å². The van der Waals surface area contributed by atoms with Crippen LogP contribution in [0.4, 0.5) is 22.6 Å². The van der Waals surface area contributed by atoms with Crippen molar-refractivity contribution in [3.05, 3.63) is 47.4 Å². The molecule has 0 radical (unpaired) electrons. The van der Waals surface area contributed by atoms with Crippen LogP contribution in [0.2, 0.25) is 0 Å². The van der Waals surface area contributed by atoms with Gasteiger partial charge in [0.15, 0.2) is 5.69 Å². The van der Waals surface area contributed by atoms with Crippen molar-refractivity contribution in [2.45, 2.75) is 38.2 Å². The van der Waals surface area contributed by atoms with E-state index in [9.17, 15) is 22.4 Å². The molecule has 1 aromatic heterocycles. The summed E-state index contributed by atoms with van der Waals surface area (Å²) in [5, 5.41) is 2.57. The fourth-order valence-electron chi connectivity index (χ4n) is 4.92. The summed E-state index contributed by atoms with van der Waals surface area (Å²) in [5.41, 5.74) is 11.5. The minimum Gasteiger partial charge on any atom is -0.403 e. The molecule has 0 aliphatic carbocycles. The number of amides is 1. The molecule has 0 unspecified atom stereocenters. The molecule has 8 nitrogen and oxygen atoms in total. The smallest absolute Gasteiger partial charge is 0.292 e. The average Bonchev–Trinajstić information content (AvgIpc) is 3.02. The number of benzene rings is 1. The summed E-state index contributed by atoms with van der Waals surface area (Å²) in [6.45, 7) is 1.79. The topological polar surface area (TPSA) is 110 Å². The lowest BCUT2D eigenvalue weighted by Gasteiger charge is -2.39. The van der Waals surface area contributed by atoms with Gasteiger partial charge in [0, 0.05) is 46.1 Å². The van der Waals surface area contributed by atoms with E-state index in [4.69, 9.17) is 11.5 Å². The largest absolute Gasteiger partial charge is 0.403 e. The van der Waals surface area contributed by atoms with Crippen molar-refractivity contribution in [2.75, 3.05) is 46.5 Å². The van der Waals surface area contributed by atoms with Gasteiger partial charge in [-0.2, -0.15) is 0 Å². The zero-order chi connectivity index (χ0) is 28.3. The highest BCUT2D eigenvalue weighted by Gasteiger charge is 2.39. The molecule has 1 saturated heterocycles. The van der Waals surface area contributed by atoms with E-state index in [0.717, 1.165) is 43.2 Å². The highest BCUT2D eigenvalue weighted by molar-refractivity contribution is 7.19. The maximum absolute atomic E-state index is 14.2. The van der Waals surface area contributed by atoms with Crippen LogP contribution in [-0.2, 0) is 0 Å². The molecule has 3 rings (SSSR count). The first-order valence-electron chi connectivity index (χ1n) is 12.1. The number of thiazole rings is 1. The molecule has 1 fully saturated rings. The number of quaternary nitrogens is 1. The number of amidine groups is 1. The quantitative estimate of drug-likeness (QED) is 0.208. The van der Waals surface area contributed by atoms with Gasteiger partial charge in [0.25, 0.3) is 11.8 Å². The lowest BCUT2D eigenvalue weighted by Crippen LogP contribution is -2.54. The molecule has 1 atom stereocenters. The van der Waals surface area contributed by atoms with E-state index in [1.54, 1.807) is 7.05 Å². The van der Waals surface area contributed by atoms with E-state index >= 15 is 0 Å². The molecule has 0 bridgehead atoms. The van der Waals surface area contributed by atoms with Gasteiger partial charge >= 0.3 is 0 Å². The van der Waals surface area contributed by atoms with Crippen LogP contribution in [0.15, 0.2) is 35.1 Å². The van der Waals surface area contributed by atoms with Crippen LogP contribution in [0, 0.1) is 11.6 Å². The number of carbonyl (C=O) groups excluding carboxylic acids is 1. The lowest BCUT2D eigenvalue weighted by molar-refractivity contribution is -0.922. The average molecular weight is 557 g/mol. The van der Waals surface area contributed by atoms with Crippen LogP contribution in [0.5, 0.6) is 0 Å². The van der Waals surface area contributed by atoms with Crippen LogP contribution < -0.4 is 16.8 Å². The third kappa shape index (κ3) is 6.81. The Balaban J connectivity index is 1.75. The van der Waals surface area contributed by atoms with Gasteiger partial charge in [-0.25, -0.2) is 22.5 Å². The van der Waals surface area contributed by atoms with Gasteiger partial charge in [0.2, 0.25) is 0 Å². The number of nitrogens with one attached hydrogen (secondary N) is 1. The second kappa shape index (κ2) is 11.7. The Morgan fingerprint density at radius 2 is 1.95 bits per heavy atom. The number of carbonyl (C=O) groups is 1. The van der Waals surface area contributed by atoms with E-state index < -0.39 is 23.5 Å². The van der Waals surface area contributed by atoms with Gasteiger partial charge < -0.3 is 26.2 Å². The molecule has 1 aromatic carbocycles. The number of anilines is 1. The Kier molecular flexibility index (Phi) is 9.03. The molecule has 13 heteroatoms. The normalized spacial score (nSPS) is 17.9. The summed E-state index contributed by atoms with van der Waals surface area (Å²) in [6, 6.07) is 3.44. The highest BCUT2D eigenvalue weighted by atomic mass is 32.1. The Hall–Kier alpha value is -3.19. The van der Waals surface area contributed by atoms with Crippen LogP contribution in [-0.4, -0.2) is 78.9 Å². The van der Waals surface area contributed by atoms with Gasteiger partial charge in [0.1, 0.15) is 34.0 Å². The number of halogens is 4. The SMILES string of the molecule is CN=C(/C(=C\N)NC(=O)c1nc(-c2c(F)cccc2F)sc1N)N1CCC[C@@H]([N+](C)(C)CC(C)(F)F)CC1. The predicted molar refractivity (Wildman–Crippen MR) is 142 cm³/mol. The van der Waals surface area contributed by atoms with E-state index in [0.29, 0.717) is 25.3 Å². The second-order valence-electron chi connectivity index (χ2n) is 9.99. The predicted octanol–water partition coefficient (Wildman–Crippen LogP) is 3.81. The number of aromatic nitrogens is 1. The summed E-state index contributed by atoms with van der Waals surface area (Å²) in [7, 11) is 5.19. The third-order valence-corrected chi connectivity index (χ3v) is 7.49. The summed E-state index contributed by atoms with van der Waals surface area (Å²) in [4.78, 5) is 23.4. The molecular formula is C25H34F4N7OS+. The Labute approximate surface area is 223 Å². The van der Waals surface area contributed by atoms with Crippen LogP contribution in [0.1, 0.15) is 36.7 Å². The maximum atomic E-state index is 14.2. The Bertz CT molecular complexity index is 1200. The number of hydrogen-bond acceptors (Lipinski definition) is 6. The number of hydrogen-bond donors (Lipinski definition) is 3. The molecule has 0 saturated carbocycles. The number of rotatable bonds is 7.